The predicted molar refractivity (Wildman–Crippen MR) is 205 cm³/mol. The van der Waals surface area contributed by atoms with Crippen molar-refractivity contribution in [2.24, 2.45) is 5.92 Å². The molecule has 2 N–H and O–H groups in total. The number of hydrogen-bond donors (Lipinski definition) is 2. The number of ether oxygens (including phenoxy) is 1. The Bertz CT molecular complexity index is 935. The van der Waals surface area contributed by atoms with E-state index in [1.54, 1.807) is 0 Å². The van der Waals surface area contributed by atoms with E-state index in [0.29, 0.717) is 11.9 Å². The summed E-state index contributed by atoms with van der Waals surface area (Å²) in [7, 11) is 0. The first-order valence-electron chi connectivity index (χ1n) is 19.9. The van der Waals surface area contributed by atoms with Crippen molar-refractivity contribution in [1.82, 2.24) is 10.6 Å². The third kappa shape index (κ3) is 18.9. The Morgan fingerprint density at radius 3 is 1.34 bits per heavy atom. The molecule has 0 saturated carbocycles. The van der Waals surface area contributed by atoms with Crippen LogP contribution in [0.25, 0.3) is 0 Å². The number of benzene rings is 1. The van der Waals surface area contributed by atoms with Crippen LogP contribution in [0.1, 0.15) is 201 Å². The minimum atomic E-state index is 0.0247. The number of ketones is 1. The lowest BCUT2D eigenvalue weighted by atomic mass is 9.73. The van der Waals surface area contributed by atoms with E-state index in [1.165, 1.54) is 103 Å². The molecule has 2 aliphatic rings. The van der Waals surface area contributed by atoms with Gasteiger partial charge in [-0.05, 0) is 87.5 Å². The van der Waals surface area contributed by atoms with Crippen LogP contribution in [0.3, 0.4) is 0 Å². The second-order valence-electron chi connectivity index (χ2n) is 17.8. The maximum atomic E-state index is 12.5. The Kier molecular flexibility index (Phi) is 18.8. The van der Waals surface area contributed by atoms with E-state index in [-0.39, 0.29) is 28.1 Å². The van der Waals surface area contributed by atoms with Crippen LogP contribution in [-0.4, -0.2) is 40.6 Å². The van der Waals surface area contributed by atoms with E-state index < -0.39 is 0 Å². The van der Waals surface area contributed by atoms with Gasteiger partial charge in [-0.25, -0.2) is 0 Å². The molecule has 4 nitrogen and oxygen atoms in total. The monoisotopic (exact) mass is 655 g/mol. The fraction of sp³-hybridized carbons (Fsp3) is 0.837. The maximum Gasteiger partial charge on any atom is 0.166 e. The number of carbonyl (C=O) groups is 1. The molecule has 0 radical (unpaired) electrons. The van der Waals surface area contributed by atoms with Gasteiger partial charge in [0.05, 0.1) is 6.10 Å². The van der Waals surface area contributed by atoms with Crippen LogP contribution >= 0.6 is 0 Å². The summed E-state index contributed by atoms with van der Waals surface area (Å²) in [5.41, 5.74) is 1.28. The molecule has 272 valence electrons. The van der Waals surface area contributed by atoms with Gasteiger partial charge in [0, 0.05) is 40.2 Å². The minimum absolute atomic E-state index is 0.0247. The molecule has 0 atom stereocenters. The van der Waals surface area contributed by atoms with Crippen LogP contribution in [0.4, 0.5) is 0 Å². The molecule has 1 aromatic rings. The number of carbonyl (C=O) groups excluding carboxylic acids is 1. The van der Waals surface area contributed by atoms with E-state index in [0.717, 1.165) is 37.9 Å². The zero-order chi connectivity index (χ0) is 34.8. The fourth-order valence-corrected chi connectivity index (χ4v) is 8.59. The quantitative estimate of drug-likeness (QED) is 0.108. The van der Waals surface area contributed by atoms with E-state index in [4.69, 9.17) is 4.74 Å². The maximum absolute atomic E-state index is 12.5. The van der Waals surface area contributed by atoms with Gasteiger partial charge in [0.2, 0.25) is 0 Å². The Hall–Kier alpha value is -1.23. The number of hydrogen-bond acceptors (Lipinski definition) is 4. The summed E-state index contributed by atoms with van der Waals surface area (Å²) in [6, 6.07) is 9.66. The van der Waals surface area contributed by atoms with Gasteiger partial charge in [-0.2, -0.15) is 0 Å². The van der Waals surface area contributed by atoms with Crippen molar-refractivity contribution < 1.29 is 9.53 Å². The smallest absolute Gasteiger partial charge is 0.166 e. The van der Waals surface area contributed by atoms with E-state index in [1.807, 2.05) is 30.3 Å². The average molecular weight is 655 g/mol. The zero-order valence-corrected chi connectivity index (χ0v) is 32.7. The number of piperidine rings is 2. The van der Waals surface area contributed by atoms with Gasteiger partial charge in [0.1, 0.15) is 0 Å². The lowest BCUT2D eigenvalue weighted by Gasteiger charge is -2.46. The molecule has 2 heterocycles. The van der Waals surface area contributed by atoms with Gasteiger partial charge in [-0.3, -0.25) is 4.79 Å². The first kappa shape index (κ1) is 41.9. The Balaban J connectivity index is 0.000000363. The number of rotatable bonds is 20. The largest absolute Gasteiger partial charge is 0.378 e. The minimum Gasteiger partial charge on any atom is -0.378 e. The van der Waals surface area contributed by atoms with Crippen LogP contribution in [0.15, 0.2) is 30.3 Å². The second kappa shape index (κ2) is 21.1. The number of unbranched alkanes of at least 4 members (excludes halogenated alkanes) is 15. The van der Waals surface area contributed by atoms with E-state index in [9.17, 15) is 4.79 Å². The summed E-state index contributed by atoms with van der Waals surface area (Å²) in [5, 5.41) is 7.36. The van der Waals surface area contributed by atoms with Crippen molar-refractivity contribution in [3.63, 3.8) is 0 Å². The standard InChI is InChI=1S/C27H55NO.C16H23NO/c1-6-7-8-9-10-11-12-13-14-15-16-17-18-19-20-21-22-29-25-23-26(2,3)28-27(4,5)24-25;1-15(2)10-13(11-16(3,4)17-15)14(18)12-8-6-5-7-9-12/h25,28H,6-24H2,1-5H3;5-9,13,17H,10-11H2,1-4H3. The third-order valence-corrected chi connectivity index (χ3v) is 10.1. The van der Waals surface area contributed by atoms with E-state index in [2.05, 4.69) is 72.9 Å². The van der Waals surface area contributed by atoms with Gasteiger partial charge < -0.3 is 15.4 Å². The molecule has 2 fully saturated rings. The van der Waals surface area contributed by atoms with Crippen molar-refractivity contribution in [3.8, 4) is 0 Å². The fourth-order valence-electron chi connectivity index (χ4n) is 8.59. The Labute approximate surface area is 292 Å². The van der Waals surface area contributed by atoms with Gasteiger partial charge in [0.15, 0.2) is 5.78 Å². The molecule has 0 bridgehead atoms. The molecule has 2 aliphatic heterocycles. The molecule has 4 heteroatoms. The topological polar surface area (TPSA) is 50.4 Å². The third-order valence-electron chi connectivity index (χ3n) is 10.1. The highest BCUT2D eigenvalue weighted by molar-refractivity contribution is 5.98. The summed E-state index contributed by atoms with van der Waals surface area (Å²) < 4.78 is 6.23. The zero-order valence-electron chi connectivity index (χ0n) is 32.7. The molecule has 0 spiro atoms. The lowest BCUT2D eigenvalue weighted by molar-refractivity contribution is -0.0228. The number of nitrogens with one attached hydrogen (secondary N) is 2. The summed E-state index contributed by atoms with van der Waals surface area (Å²) in [4.78, 5) is 12.5. The van der Waals surface area contributed by atoms with Crippen molar-refractivity contribution >= 4 is 5.78 Å². The second-order valence-corrected chi connectivity index (χ2v) is 17.8. The molecule has 2 saturated heterocycles. The molecule has 47 heavy (non-hydrogen) atoms. The average Bonchev–Trinajstić information content (AvgIpc) is 2.96. The van der Waals surface area contributed by atoms with Crippen LogP contribution in [0.5, 0.6) is 0 Å². The molecule has 0 amide bonds. The van der Waals surface area contributed by atoms with Gasteiger partial charge in [0.25, 0.3) is 0 Å². The molecule has 1 aromatic carbocycles. The molecular formula is C43H78N2O2. The van der Waals surface area contributed by atoms with Crippen molar-refractivity contribution in [1.29, 1.82) is 0 Å². The first-order valence-corrected chi connectivity index (χ1v) is 19.9. The highest BCUT2D eigenvalue weighted by atomic mass is 16.5. The van der Waals surface area contributed by atoms with Gasteiger partial charge in [-0.15, -0.1) is 0 Å². The van der Waals surface area contributed by atoms with Crippen molar-refractivity contribution in [3.05, 3.63) is 35.9 Å². The number of Topliss-reactive ketones (excluding diaryl/α,β-unsaturated/α-hetero) is 1. The van der Waals surface area contributed by atoms with Gasteiger partial charge in [-0.1, -0.05) is 134 Å². The normalized spacial score (nSPS) is 20.4. The van der Waals surface area contributed by atoms with Gasteiger partial charge >= 0.3 is 0 Å². The summed E-state index contributed by atoms with van der Waals surface area (Å²) in [5.74, 6) is 0.414. The molecule has 0 aliphatic carbocycles. The Morgan fingerprint density at radius 2 is 0.936 bits per heavy atom. The van der Waals surface area contributed by atoms with Crippen LogP contribution in [0, 0.1) is 5.92 Å². The van der Waals surface area contributed by atoms with Crippen LogP contribution in [0.2, 0.25) is 0 Å². The lowest BCUT2D eigenvalue weighted by Crippen LogP contribution is -2.59. The first-order chi connectivity index (χ1) is 22.1. The summed E-state index contributed by atoms with van der Waals surface area (Å²) in [6.45, 7) is 21.2. The summed E-state index contributed by atoms with van der Waals surface area (Å²) in [6.07, 6.45) is 27.3. The molecule has 3 rings (SSSR count). The van der Waals surface area contributed by atoms with Crippen LogP contribution < -0.4 is 10.6 Å². The molecule has 0 unspecified atom stereocenters. The predicted octanol–water partition coefficient (Wildman–Crippen LogP) is 12.0. The highest BCUT2D eigenvalue weighted by Gasteiger charge is 2.40. The Morgan fingerprint density at radius 1 is 0.574 bits per heavy atom. The van der Waals surface area contributed by atoms with E-state index >= 15 is 0 Å². The summed E-state index contributed by atoms with van der Waals surface area (Å²) >= 11 is 0. The SMILES string of the molecule is CC1(C)CC(C(=O)c2ccccc2)CC(C)(C)N1.CCCCCCCCCCCCCCCCCCOC1CC(C)(C)NC(C)(C)C1. The highest BCUT2D eigenvalue weighted by Crippen LogP contribution is 2.35. The molecular weight excluding hydrogens is 576 g/mol. The van der Waals surface area contributed by atoms with Crippen LogP contribution in [-0.2, 0) is 4.74 Å². The van der Waals surface area contributed by atoms with Crippen molar-refractivity contribution in [2.75, 3.05) is 6.61 Å². The molecule has 0 aromatic heterocycles. The van der Waals surface area contributed by atoms with Crippen molar-refractivity contribution in [2.45, 2.75) is 219 Å².